The molecule has 116 valence electrons. The van der Waals surface area contributed by atoms with Crippen LogP contribution in [-0.4, -0.2) is 45.1 Å². The third kappa shape index (κ3) is 6.55. The number of likely N-dealkylation sites (N-methyl/N-ethyl adjacent to an activating group) is 1. The summed E-state index contributed by atoms with van der Waals surface area (Å²) >= 11 is 6.27. The molecule has 1 aromatic carbocycles. The van der Waals surface area contributed by atoms with E-state index in [0.29, 0.717) is 19.0 Å². The zero-order valence-electron chi connectivity index (χ0n) is 12.6. The van der Waals surface area contributed by atoms with Crippen molar-refractivity contribution < 1.29 is 0 Å². The van der Waals surface area contributed by atoms with Crippen LogP contribution in [-0.2, 0) is 0 Å². The third-order valence-corrected chi connectivity index (χ3v) is 3.28. The second kappa shape index (κ2) is 10.7. The smallest absolute Gasteiger partial charge is 0.191 e. The highest BCUT2D eigenvalue weighted by molar-refractivity contribution is 14.0. The molecule has 0 bridgehead atoms. The van der Waals surface area contributed by atoms with E-state index in [4.69, 9.17) is 18.0 Å². The molecule has 0 saturated heterocycles. The largest absolute Gasteiger partial charge is 0.354 e. The van der Waals surface area contributed by atoms with E-state index in [1.54, 1.807) is 7.05 Å². The predicted molar refractivity (Wildman–Crippen MR) is 101 cm³/mol. The average Bonchev–Trinajstić information content (AvgIpc) is 2.44. The van der Waals surface area contributed by atoms with Crippen LogP contribution in [0.3, 0.4) is 0 Å². The first-order valence-electron chi connectivity index (χ1n) is 6.39. The number of halogens is 2. The highest BCUT2D eigenvalue weighted by atomic mass is 127. The number of guanidine groups is 1. The molecule has 1 rings (SSSR count). The van der Waals surface area contributed by atoms with E-state index in [9.17, 15) is 0 Å². The van der Waals surface area contributed by atoms with Crippen LogP contribution in [0.15, 0.2) is 29.3 Å². The summed E-state index contributed by atoms with van der Waals surface area (Å²) in [6.45, 7) is 1.12. The molecule has 0 spiro atoms. The van der Waals surface area contributed by atoms with Crippen molar-refractivity contribution >= 4 is 41.5 Å². The van der Waals surface area contributed by atoms with Gasteiger partial charge in [-0.15, -0.1) is 30.4 Å². The van der Waals surface area contributed by atoms with Crippen LogP contribution in [0.4, 0.5) is 0 Å². The van der Waals surface area contributed by atoms with E-state index in [2.05, 4.69) is 26.4 Å². The molecule has 1 atom stereocenters. The Kier molecular flexibility index (Phi) is 10.2. The minimum Gasteiger partial charge on any atom is -0.354 e. The number of aliphatic imine (C=N–C) groups is 1. The van der Waals surface area contributed by atoms with E-state index in [-0.39, 0.29) is 30.0 Å². The molecular formula is C15H22ClIN4. The van der Waals surface area contributed by atoms with Crippen molar-refractivity contribution in [3.05, 3.63) is 34.9 Å². The number of benzene rings is 1. The van der Waals surface area contributed by atoms with Crippen LogP contribution in [0.5, 0.6) is 0 Å². The van der Waals surface area contributed by atoms with Gasteiger partial charge >= 0.3 is 0 Å². The molecule has 0 amide bonds. The van der Waals surface area contributed by atoms with Crippen molar-refractivity contribution in [2.45, 2.75) is 6.04 Å². The van der Waals surface area contributed by atoms with Crippen molar-refractivity contribution in [3.63, 3.8) is 0 Å². The number of nitrogens with zero attached hydrogens (tertiary/aromatic N) is 2. The van der Waals surface area contributed by atoms with Crippen molar-refractivity contribution in [1.29, 1.82) is 0 Å². The minimum atomic E-state index is 0. The first-order chi connectivity index (χ1) is 9.60. The Morgan fingerprint density at radius 2 is 2.05 bits per heavy atom. The fourth-order valence-electron chi connectivity index (χ4n) is 1.86. The zero-order valence-corrected chi connectivity index (χ0v) is 15.6. The Labute approximate surface area is 149 Å². The lowest BCUT2D eigenvalue weighted by molar-refractivity contribution is 0.298. The molecule has 0 heterocycles. The minimum absolute atomic E-state index is 0. The van der Waals surface area contributed by atoms with Crippen molar-refractivity contribution in [3.8, 4) is 12.3 Å². The number of rotatable bonds is 5. The summed E-state index contributed by atoms with van der Waals surface area (Å²) < 4.78 is 0. The second-order valence-electron chi connectivity index (χ2n) is 4.51. The average molecular weight is 421 g/mol. The molecule has 0 aromatic heterocycles. The van der Waals surface area contributed by atoms with Crippen molar-refractivity contribution in [1.82, 2.24) is 15.5 Å². The van der Waals surface area contributed by atoms with E-state index < -0.39 is 0 Å². The van der Waals surface area contributed by atoms with Gasteiger partial charge in [0.1, 0.15) is 0 Å². The second-order valence-corrected chi connectivity index (χ2v) is 4.92. The third-order valence-electron chi connectivity index (χ3n) is 2.93. The van der Waals surface area contributed by atoms with Gasteiger partial charge in [0, 0.05) is 18.6 Å². The number of terminal acetylenes is 1. The highest BCUT2D eigenvalue weighted by Gasteiger charge is 2.17. The Hall–Kier alpha value is -0.970. The van der Waals surface area contributed by atoms with Gasteiger partial charge in [-0.05, 0) is 25.7 Å². The molecule has 0 saturated carbocycles. The molecule has 0 aliphatic heterocycles. The monoisotopic (exact) mass is 420 g/mol. The summed E-state index contributed by atoms with van der Waals surface area (Å²) in [5, 5.41) is 7.05. The number of hydrogen-bond acceptors (Lipinski definition) is 2. The Morgan fingerprint density at radius 3 is 2.57 bits per heavy atom. The standard InChI is InChI=1S/C15H21ClN4.HI/c1-5-10-18-15(17-2)19-11-14(20(3)4)12-8-6-7-9-13(12)16;/h1,6-9,14H,10-11H2,2-4H3,(H2,17,18,19);1H. The maximum absolute atomic E-state index is 6.27. The van der Waals surface area contributed by atoms with Gasteiger partial charge in [-0.2, -0.15) is 0 Å². The molecule has 4 nitrogen and oxygen atoms in total. The summed E-state index contributed by atoms with van der Waals surface area (Å²) in [6.07, 6.45) is 5.23. The number of nitrogens with one attached hydrogen (secondary N) is 2. The number of hydrogen-bond donors (Lipinski definition) is 2. The van der Waals surface area contributed by atoms with E-state index in [0.717, 1.165) is 10.6 Å². The van der Waals surface area contributed by atoms with Gasteiger partial charge in [0.05, 0.1) is 12.6 Å². The fraction of sp³-hybridized carbons (Fsp3) is 0.400. The Morgan fingerprint density at radius 1 is 1.38 bits per heavy atom. The van der Waals surface area contributed by atoms with E-state index >= 15 is 0 Å². The summed E-state index contributed by atoms with van der Waals surface area (Å²) in [5.74, 6) is 3.20. The SMILES string of the molecule is C#CCNC(=NC)NCC(c1ccccc1Cl)N(C)C.I. The van der Waals surface area contributed by atoms with Gasteiger partial charge < -0.3 is 15.5 Å². The van der Waals surface area contributed by atoms with Crippen LogP contribution in [0.2, 0.25) is 5.02 Å². The highest BCUT2D eigenvalue weighted by Crippen LogP contribution is 2.25. The Bertz CT molecular complexity index is 497. The maximum atomic E-state index is 6.27. The van der Waals surface area contributed by atoms with Crippen molar-refractivity contribution in [2.75, 3.05) is 34.2 Å². The fourth-order valence-corrected chi connectivity index (χ4v) is 2.13. The topological polar surface area (TPSA) is 39.7 Å². The van der Waals surface area contributed by atoms with Crippen LogP contribution in [0.25, 0.3) is 0 Å². The molecule has 0 aliphatic rings. The lowest BCUT2D eigenvalue weighted by Crippen LogP contribution is -2.41. The molecule has 0 radical (unpaired) electrons. The molecule has 1 unspecified atom stereocenters. The van der Waals surface area contributed by atoms with Crippen molar-refractivity contribution in [2.24, 2.45) is 4.99 Å². The van der Waals surface area contributed by atoms with E-state index in [1.807, 2.05) is 38.4 Å². The summed E-state index contributed by atoms with van der Waals surface area (Å²) in [7, 11) is 5.76. The van der Waals surface area contributed by atoms with Crippen LogP contribution in [0.1, 0.15) is 11.6 Å². The van der Waals surface area contributed by atoms with Crippen LogP contribution >= 0.6 is 35.6 Å². The van der Waals surface area contributed by atoms with Crippen LogP contribution in [0, 0.1) is 12.3 Å². The Balaban J connectivity index is 0.00000400. The summed E-state index contributed by atoms with van der Waals surface area (Å²) in [6, 6.07) is 8.00. The molecule has 21 heavy (non-hydrogen) atoms. The molecular weight excluding hydrogens is 399 g/mol. The maximum Gasteiger partial charge on any atom is 0.191 e. The first kappa shape index (κ1) is 20.0. The summed E-state index contributed by atoms with van der Waals surface area (Å²) in [4.78, 5) is 6.23. The lowest BCUT2D eigenvalue weighted by atomic mass is 10.1. The van der Waals surface area contributed by atoms with E-state index in [1.165, 1.54) is 0 Å². The van der Waals surface area contributed by atoms with Gasteiger partial charge in [-0.3, -0.25) is 4.99 Å². The molecule has 1 aromatic rings. The normalized spacial score (nSPS) is 12.3. The van der Waals surface area contributed by atoms with Gasteiger partial charge in [0.2, 0.25) is 0 Å². The van der Waals surface area contributed by atoms with Gasteiger partial charge in [0.15, 0.2) is 5.96 Å². The van der Waals surface area contributed by atoms with Gasteiger partial charge in [-0.25, -0.2) is 0 Å². The quantitative estimate of drug-likeness (QED) is 0.332. The molecule has 2 N–H and O–H groups in total. The lowest BCUT2D eigenvalue weighted by Gasteiger charge is -2.26. The molecule has 0 fully saturated rings. The molecule has 6 heteroatoms. The van der Waals surface area contributed by atoms with Gasteiger partial charge in [0.25, 0.3) is 0 Å². The predicted octanol–water partition coefficient (Wildman–Crippen LogP) is 2.36. The van der Waals surface area contributed by atoms with Gasteiger partial charge in [-0.1, -0.05) is 35.7 Å². The van der Waals surface area contributed by atoms with Crippen LogP contribution < -0.4 is 10.6 Å². The first-order valence-corrected chi connectivity index (χ1v) is 6.76. The summed E-state index contributed by atoms with van der Waals surface area (Å²) in [5.41, 5.74) is 1.08. The zero-order chi connectivity index (χ0) is 15.0. The molecule has 0 aliphatic carbocycles.